The first-order valence-corrected chi connectivity index (χ1v) is 22.1. The van der Waals surface area contributed by atoms with Gasteiger partial charge in [-0.05, 0) is 67.6 Å². The number of hydrogen-bond donors (Lipinski definition) is 14. The fraction of sp³-hybridized carbons (Fsp3) is 0.468. The minimum atomic E-state index is -2.31. The molecule has 5 rings (SSSR count). The van der Waals surface area contributed by atoms with Crippen LogP contribution in [0.3, 0.4) is 0 Å². The second kappa shape index (κ2) is 24.0. The van der Waals surface area contributed by atoms with E-state index in [2.05, 4.69) is 56.4 Å². The van der Waals surface area contributed by atoms with Crippen LogP contribution in [-0.2, 0) is 28.8 Å². The second-order valence-electron chi connectivity index (χ2n) is 17.3. The first-order chi connectivity index (χ1) is 33.5. The van der Waals surface area contributed by atoms with Gasteiger partial charge in [0.05, 0.1) is 24.4 Å². The van der Waals surface area contributed by atoms with Gasteiger partial charge in [-0.25, -0.2) is 0 Å². The van der Waals surface area contributed by atoms with E-state index >= 15 is 0 Å². The van der Waals surface area contributed by atoms with Gasteiger partial charge in [0, 0.05) is 49.3 Å². The first kappa shape index (κ1) is 54.6. The van der Waals surface area contributed by atoms with Gasteiger partial charge in [-0.2, -0.15) is 0 Å². The van der Waals surface area contributed by atoms with Crippen molar-refractivity contribution in [2.45, 2.75) is 119 Å². The lowest BCUT2D eigenvalue weighted by Crippen LogP contribution is -2.64. The van der Waals surface area contributed by atoms with Crippen molar-refractivity contribution in [2.24, 2.45) is 5.92 Å². The Hall–Kier alpha value is -7.31. The fourth-order valence-electron chi connectivity index (χ4n) is 8.12. The number of ether oxygens (including phenoxy) is 1. The molecule has 3 saturated heterocycles. The SMILES string of the molecule is C#CC#CC#COc1ccc(C(=O)N[C@H]2C[C@@H](O)[C@@H](O)NC(=O)[C@@H]3[C@@H](O)[C@@H](C)CN3C(=O)[C@H](C(C)O)NC(=O)[C@H]([C@H](O)[C@@H](O)c3ccc(O)cc3)NC(=O)[C@@H]3C[C@@H](O)CN3C(=O)[C@H](C(C)O)NC2=O)cc1. The molecule has 0 radical (unpaired) electrons. The number of phenols is 1. The smallest absolute Gasteiger partial charge is 0.251 e. The summed E-state index contributed by atoms with van der Waals surface area (Å²) >= 11 is 0. The molecule has 2 aromatic carbocycles. The fourth-order valence-corrected chi connectivity index (χ4v) is 8.12. The highest BCUT2D eigenvalue weighted by Crippen LogP contribution is 2.28. The largest absolute Gasteiger partial charge is 0.508 e. The summed E-state index contributed by atoms with van der Waals surface area (Å²) < 4.78 is 5.22. The molecule has 14 N–H and O–H groups in total. The zero-order chi connectivity index (χ0) is 52.4. The van der Waals surface area contributed by atoms with Gasteiger partial charge in [0.25, 0.3) is 5.91 Å². The number of aliphatic hydroxyl groups excluding tert-OH is 8. The third-order valence-corrected chi connectivity index (χ3v) is 12.0. The van der Waals surface area contributed by atoms with Gasteiger partial charge in [-0.1, -0.05) is 19.1 Å². The van der Waals surface area contributed by atoms with Crippen LogP contribution in [0.2, 0.25) is 0 Å². The number of benzene rings is 2. The van der Waals surface area contributed by atoms with E-state index in [0.29, 0.717) is 0 Å². The van der Waals surface area contributed by atoms with Crippen LogP contribution in [0.5, 0.6) is 11.5 Å². The van der Waals surface area contributed by atoms with E-state index < -0.39 is 152 Å². The molecule has 0 spiro atoms. The first-order valence-electron chi connectivity index (χ1n) is 22.1. The molecule has 71 heavy (non-hydrogen) atoms. The topological polar surface area (TPSA) is 377 Å². The summed E-state index contributed by atoms with van der Waals surface area (Å²) in [6.45, 7) is 2.61. The Morgan fingerprint density at radius 1 is 0.732 bits per heavy atom. The molecule has 0 saturated carbocycles. The summed E-state index contributed by atoms with van der Waals surface area (Å²) in [4.78, 5) is 100. The summed E-state index contributed by atoms with van der Waals surface area (Å²) in [6, 6.07) is -1.92. The van der Waals surface area contributed by atoms with Crippen molar-refractivity contribution in [2.75, 3.05) is 13.1 Å². The molecule has 0 bridgehead atoms. The van der Waals surface area contributed by atoms with E-state index in [1.807, 2.05) is 0 Å². The average molecular weight is 990 g/mol. The van der Waals surface area contributed by atoms with Gasteiger partial charge in [0.2, 0.25) is 35.4 Å². The van der Waals surface area contributed by atoms with E-state index in [-0.39, 0.29) is 29.2 Å². The van der Waals surface area contributed by atoms with Gasteiger partial charge in [0.1, 0.15) is 72.2 Å². The number of phenolic OH excluding ortho intramolecular Hbond substituents is 1. The molecule has 3 aliphatic rings. The quantitative estimate of drug-likeness (QED) is 0.110. The van der Waals surface area contributed by atoms with E-state index in [0.717, 1.165) is 35.8 Å². The lowest BCUT2D eigenvalue weighted by atomic mass is 9.96. The van der Waals surface area contributed by atoms with Gasteiger partial charge in [0.15, 0.2) is 6.23 Å². The average Bonchev–Trinajstić information content (AvgIpc) is 3.87. The van der Waals surface area contributed by atoms with Crippen molar-refractivity contribution in [1.82, 2.24) is 36.4 Å². The number of hydrogen-bond acceptors (Lipinski definition) is 17. The molecule has 0 aliphatic carbocycles. The molecule has 0 aromatic heterocycles. The van der Waals surface area contributed by atoms with Crippen LogP contribution < -0.4 is 31.3 Å². The number of rotatable bonds is 8. The maximum Gasteiger partial charge on any atom is 0.251 e. The van der Waals surface area contributed by atoms with Crippen LogP contribution in [-0.4, -0.2) is 189 Å². The number of carbonyl (C=O) groups is 7. The highest BCUT2D eigenvalue weighted by atomic mass is 16.5. The number of aromatic hydroxyl groups is 1. The number of aliphatic hydroxyl groups is 8. The van der Waals surface area contributed by atoms with Crippen LogP contribution in [0, 0.1) is 42.1 Å². The molecule has 2 aromatic rings. The summed E-state index contributed by atoms with van der Waals surface area (Å²) in [5.74, 6) is -0.495. The molecule has 3 aliphatic heterocycles. The summed E-state index contributed by atoms with van der Waals surface area (Å²) in [5, 5.41) is 110. The standard InChI is InChI=1S/C47H55N7O17/c1-5-6-7-8-17-71-29-15-11-26(12-16-29)40(63)48-30-19-32(59)43(66)52-45(68)36-37(60)22(2)20-54(36)47(70)34(24(4)56)50-44(67)35(39(62)38(61)25-9-13-27(57)14-10-25)51-42(65)31-18-28(58)21-53(31)46(69)33(23(3)55)49-41(30)64/h1,9-16,22-24,28,30-39,43,55-62,66H,18-21H2,2-4H3,(H,48,63)(H,49,64)(H,50,67)(H,51,65)(H,52,68)/t22-,23?,24?,28+,30-,31-,32+,33-,34-,35-,36-,37-,38-,39-,43+/m0/s1. The van der Waals surface area contributed by atoms with Crippen LogP contribution in [0.4, 0.5) is 0 Å². The Morgan fingerprint density at radius 3 is 1.93 bits per heavy atom. The molecular weight excluding hydrogens is 935 g/mol. The number of terminal acetylenes is 1. The molecule has 3 heterocycles. The predicted molar refractivity (Wildman–Crippen MR) is 243 cm³/mol. The van der Waals surface area contributed by atoms with Crippen molar-refractivity contribution in [3.05, 3.63) is 59.7 Å². The Kier molecular flexibility index (Phi) is 18.5. The van der Waals surface area contributed by atoms with Crippen LogP contribution in [0.1, 0.15) is 55.6 Å². The summed E-state index contributed by atoms with van der Waals surface area (Å²) in [7, 11) is 0. The number of nitrogens with one attached hydrogen (secondary N) is 5. The highest BCUT2D eigenvalue weighted by Gasteiger charge is 2.50. The van der Waals surface area contributed by atoms with Crippen LogP contribution >= 0.6 is 0 Å². The highest BCUT2D eigenvalue weighted by molar-refractivity contribution is 6.00. The van der Waals surface area contributed by atoms with Crippen LogP contribution in [0.15, 0.2) is 48.5 Å². The van der Waals surface area contributed by atoms with Gasteiger partial charge in [-0.15, -0.1) is 6.42 Å². The number of carbonyl (C=O) groups excluding carboxylic acids is 7. The predicted octanol–water partition coefficient (Wildman–Crippen LogP) is -5.85. The maximum atomic E-state index is 14.3. The number of nitrogens with zero attached hydrogens (tertiary/aromatic N) is 2. The minimum absolute atomic E-state index is 0.0837. The third-order valence-electron chi connectivity index (χ3n) is 12.0. The van der Waals surface area contributed by atoms with Crippen molar-refractivity contribution in [3.8, 4) is 47.7 Å². The number of fused-ring (bicyclic) bond motifs is 2. The molecular formula is C47H55N7O17. The van der Waals surface area contributed by atoms with Crippen molar-refractivity contribution in [3.63, 3.8) is 0 Å². The van der Waals surface area contributed by atoms with Crippen molar-refractivity contribution in [1.29, 1.82) is 0 Å². The normalized spacial score (nSPS) is 29.5. The minimum Gasteiger partial charge on any atom is -0.508 e. The van der Waals surface area contributed by atoms with Gasteiger partial charge < -0.3 is 87.1 Å². The molecule has 7 amide bonds. The van der Waals surface area contributed by atoms with E-state index in [9.17, 15) is 79.5 Å². The van der Waals surface area contributed by atoms with Gasteiger partial charge in [-0.3, -0.25) is 33.6 Å². The summed E-state index contributed by atoms with van der Waals surface area (Å²) in [6.07, 6.45) is -9.56. The molecule has 3 fully saturated rings. The zero-order valence-corrected chi connectivity index (χ0v) is 38.4. The second-order valence-corrected chi connectivity index (χ2v) is 17.3. The van der Waals surface area contributed by atoms with Crippen molar-refractivity contribution < 1.29 is 84.3 Å². The molecule has 2 unspecified atom stereocenters. The monoisotopic (exact) mass is 989 g/mol. The van der Waals surface area contributed by atoms with E-state index in [1.54, 1.807) is 0 Å². The Morgan fingerprint density at radius 2 is 1.32 bits per heavy atom. The molecule has 15 atom stereocenters. The van der Waals surface area contributed by atoms with E-state index in [1.165, 1.54) is 43.3 Å². The maximum absolute atomic E-state index is 14.3. The third kappa shape index (κ3) is 13.3. The number of amides is 7. The lowest BCUT2D eigenvalue weighted by molar-refractivity contribution is -0.148. The Labute approximate surface area is 406 Å². The lowest BCUT2D eigenvalue weighted by Gasteiger charge is -2.34. The van der Waals surface area contributed by atoms with Crippen molar-refractivity contribution >= 4 is 41.4 Å². The Balaban J connectivity index is 1.56. The van der Waals surface area contributed by atoms with Crippen LogP contribution in [0.25, 0.3) is 0 Å². The zero-order valence-electron chi connectivity index (χ0n) is 38.4. The summed E-state index contributed by atoms with van der Waals surface area (Å²) in [5.41, 5.74) is -0.185. The molecule has 24 nitrogen and oxygen atoms in total. The van der Waals surface area contributed by atoms with Gasteiger partial charge >= 0.3 is 0 Å². The molecule has 380 valence electrons. The van der Waals surface area contributed by atoms with E-state index in [4.69, 9.17) is 11.2 Å². The Bertz CT molecular complexity index is 2480. The molecule has 24 heteroatoms.